The minimum absolute atomic E-state index is 0.0825. The quantitative estimate of drug-likeness (QED) is 0.753. The normalized spacial score (nSPS) is 10.7. The molecule has 3 rings (SSSR count). The van der Waals surface area contributed by atoms with E-state index in [4.69, 9.17) is 5.11 Å². The third-order valence-corrected chi connectivity index (χ3v) is 4.30. The summed E-state index contributed by atoms with van der Waals surface area (Å²) in [7, 11) is 2.98. The lowest BCUT2D eigenvalue weighted by Crippen LogP contribution is -2.34. The molecule has 1 aromatic heterocycles. The minimum atomic E-state index is -1.08. The van der Waals surface area contributed by atoms with Gasteiger partial charge in [-0.05, 0) is 36.4 Å². The smallest absolute Gasteiger partial charge is 0.335 e. The molecule has 7 nitrogen and oxygen atoms in total. The molecule has 3 aromatic rings. The van der Waals surface area contributed by atoms with E-state index >= 15 is 0 Å². The van der Waals surface area contributed by atoms with Gasteiger partial charge in [-0.25, -0.2) is 4.79 Å². The summed E-state index contributed by atoms with van der Waals surface area (Å²) >= 11 is 0. The van der Waals surface area contributed by atoms with Gasteiger partial charge >= 0.3 is 5.97 Å². The van der Waals surface area contributed by atoms with Crippen LogP contribution in [-0.2, 0) is 7.05 Å². The van der Waals surface area contributed by atoms with Gasteiger partial charge in [-0.2, -0.15) is 0 Å². The molecular weight excluding hydrogens is 336 g/mol. The Balaban J connectivity index is 2.10. The molecule has 0 aliphatic heterocycles. The molecule has 26 heavy (non-hydrogen) atoms. The summed E-state index contributed by atoms with van der Waals surface area (Å²) in [6, 6.07) is 12.4. The zero-order chi connectivity index (χ0) is 19.0. The van der Waals surface area contributed by atoms with Gasteiger partial charge in [-0.3, -0.25) is 9.59 Å². The van der Waals surface area contributed by atoms with Gasteiger partial charge in [0.2, 0.25) is 0 Å². The number of carboxylic acids is 1. The highest BCUT2D eigenvalue weighted by Gasteiger charge is 2.24. The van der Waals surface area contributed by atoms with Crippen LogP contribution in [0.1, 0.15) is 20.7 Å². The molecule has 1 heterocycles. The second-order valence-electron chi connectivity index (χ2n) is 5.82. The van der Waals surface area contributed by atoms with Gasteiger partial charge in [0.15, 0.2) is 0 Å². The predicted octanol–water partition coefficient (Wildman–Crippen LogP) is 2.22. The summed E-state index contributed by atoms with van der Waals surface area (Å²) < 4.78 is 1.31. The molecule has 0 fully saturated rings. The number of hydrogen-bond donors (Lipinski definition) is 2. The van der Waals surface area contributed by atoms with Crippen LogP contribution in [0.4, 0.5) is 5.69 Å². The Hall–Kier alpha value is -3.61. The van der Waals surface area contributed by atoms with E-state index in [0.717, 1.165) is 0 Å². The van der Waals surface area contributed by atoms with Crippen LogP contribution in [0.3, 0.4) is 0 Å². The van der Waals surface area contributed by atoms with Gasteiger partial charge in [0.05, 0.1) is 11.1 Å². The zero-order valence-corrected chi connectivity index (χ0v) is 14.1. The van der Waals surface area contributed by atoms with E-state index in [0.29, 0.717) is 16.6 Å². The van der Waals surface area contributed by atoms with Crippen LogP contribution < -0.4 is 10.5 Å². The molecule has 0 saturated heterocycles. The summed E-state index contributed by atoms with van der Waals surface area (Å²) in [5.74, 6) is -2.13. The highest BCUT2D eigenvalue weighted by atomic mass is 16.4. The predicted molar refractivity (Wildman–Crippen MR) is 97.0 cm³/mol. The van der Waals surface area contributed by atoms with Crippen LogP contribution in [0.5, 0.6) is 5.75 Å². The summed E-state index contributed by atoms with van der Waals surface area (Å²) in [5.41, 5.74) is 0.0462. The number of benzene rings is 2. The number of carboxylic acid groups (broad SMARTS) is 1. The zero-order valence-electron chi connectivity index (χ0n) is 14.1. The summed E-state index contributed by atoms with van der Waals surface area (Å²) in [4.78, 5) is 37.6. The fourth-order valence-electron chi connectivity index (χ4n) is 2.78. The molecular formula is C19H16N2O5. The Kier molecular flexibility index (Phi) is 4.21. The van der Waals surface area contributed by atoms with E-state index in [-0.39, 0.29) is 16.9 Å². The first-order valence-electron chi connectivity index (χ1n) is 7.75. The van der Waals surface area contributed by atoms with Crippen molar-refractivity contribution in [2.75, 3.05) is 11.9 Å². The van der Waals surface area contributed by atoms with Crippen molar-refractivity contribution in [3.8, 4) is 5.75 Å². The second kappa shape index (κ2) is 6.36. The first-order chi connectivity index (χ1) is 12.3. The number of para-hydroxylation sites is 1. The number of hydrogen-bond acceptors (Lipinski definition) is 4. The summed E-state index contributed by atoms with van der Waals surface area (Å²) in [5, 5.41) is 19.8. The molecule has 1 amide bonds. The fraction of sp³-hybridized carbons (Fsp3) is 0.105. The highest BCUT2D eigenvalue weighted by Crippen LogP contribution is 2.27. The molecule has 0 saturated carbocycles. The number of aryl methyl sites for hydroxylation is 1. The topological polar surface area (TPSA) is 99.8 Å². The molecule has 132 valence electrons. The maximum absolute atomic E-state index is 12.8. The standard InChI is InChI=1S/C19H16N2O5/c1-20(12-9-7-11(8-10-12)19(25)26)17(23)15-16(22)13-5-3-4-6-14(13)21(2)18(15)24/h3-10,22H,1-2H3,(H,25,26). The number of carbonyl (C=O) groups is 2. The largest absolute Gasteiger partial charge is 0.506 e. The number of aromatic nitrogens is 1. The summed E-state index contributed by atoms with van der Waals surface area (Å²) in [6.07, 6.45) is 0. The maximum atomic E-state index is 12.8. The molecule has 0 aliphatic carbocycles. The average Bonchev–Trinajstić information content (AvgIpc) is 2.65. The van der Waals surface area contributed by atoms with E-state index < -0.39 is 17.4 Å². The lowest BCUT2D eigenvalue weighted by atomic mass is 10.1. The first-order valence-corrected chi connectivity index (χ1v) is 7.75. The fourth-order valence-corrected chi connectivity index (χ4v) is 2.78. The number of anilines is 1. The SMILES string of the molecule is CN(C(=O)c1c(O)c2ccccc2n(C)c1=O)c1ccc(C(=O)O)cc1. The van der Waals surface area contributed by atoms with Gasteiger partial charge in [0.1, 0.15) is 11.3 Å². The number of rotatable bonds is 3. The second-order valence-corrected chi connectivity index (χ2v) is 5.82. The van der Waals surface area contributed by atoms with E-state index in [1.807, 2.05) is 0 Å². The van der Waals surface area contributed by atoms with Crippen molar-refractivity contribution in [2.45, 2.75) is 0 Å². The lowest BCUT2D eigenvalue weighted by Gasteiger charge is -2.19. The average molecular weight is 352 g/mol. The van der Waals surface area contributed by atoms with Crippen LogP contribution in [-0.4, -0.2) is 33.7 Å². The Labute approximate surface area is 148 Å². The Morgan fingerprint density at radius 1 is 1.04 bits per heavy atom. The highest BCUT2D eigenvalue weighted by molar-refractivity contribution is 6.10. The van der Waals surface area contributed by atoms with Crippen LogP contribution in [0.15, 0.2) is 53.3 Å². The maximum Gasteiger partial charge on any atom is 0.335 e. The number of carbonyl (C=O) groups excluding carboxylic acids is 1. The number of nitrogens with zero attached hydrogens (tertiary/aromatic N) is 2. The molecule has 7 heteroatoms. The number of aromatic carboxylic acids is 1. The molecule has 0 atom stereocenters. The Morgan fingerprint density at radius 2 is 1.65 bits per heavy atom. The van der Waals surface area contributed by atoms with Gasteiger partial charge in [0.25, 0.3) is 11.5 Å². The number of aromatic hydroxyl groups is 1. The lowest BCUT2D eigenvalue weighted by molar-refractivity contribution is 0.0696. The van der Waals surface area contributed by atoms with Crippen molar-refractivity contribution in [1.82, 2.24) is 4.57 Å². The summed E-state index contributed by atoms with van der Waals surface area (Å²) in [6.45, 7) is 0. The van der Waals surface area contributed by atoms with E-state index in [1.165, 1.54) is 47.8 Å². The molecule has 0 radical (unpaired) electrons. The number of pyridine rings is 1. The third kappa shape index (κ3) is 2.69. The van der Waals surface area contributed by atoms with E-state index in [2.05, 4.69) is 0 Å². The van der Waals surface area contributed by atoms with Crippen LogP contribution in [0.2, 0.25) is 0 Å². The van der Waals surface area contributed by atoms with Gasteiger partial charge < -0.3 is 19.7 Å². The monoisotopic (exact) mass is 352 g/mol. The molecule has 0 aliphatic rings. The number of amides is 1. The Bertz CT molecular complexity index is 1080. The van der Waals surface area contributed by atoms with Crippen molar-refractivity contribution < 1.29 is 19.8 Å². The van der Waals surface area contributed by atoms with Gasteiger partial charge in [-0.15, -0.1) is 0 Å². The minimum Gasteiger partial charge on any atom is -0.506 e. The van der Waals surface area contributed by atoms with Crippen molar-refractivity contribution in [1.29, 1.82) is 0 Å². The van der Waals surface area contributed by atoms with Crippen LogP contribution in [0.25, 0.3) is 10.9 Å². The van der Waals surface area contributed by atoms with Crippen molar-refractivity contribution >= 4 is 28.5 Å². The Morgan fingerprint density at radius 3 is 2.27 bits per heavy atom. The van der Waals surface area contributed by atoms with Crippen LogP contribution in [0, 0.1) is 0 Å². The first kappa shape index (κ1) is 17.2. The third-order valence-electron chi connectivity index (χ3n) is 4.30. The molecule has 0 unspecified atom stereocenters. The molecule has 2 aromatic carbocycles. The van der Waals surface area contributed by atoms with Crippen molar-refractivity contribution in [3.63, 3.8) is 0 Å². The van der Waals surface area contributed by atoms with E-state index in [9.17, 15) is 19.5 Å². The van der Waals surface area contributed by atoms with Gasteiger partial charge in [0, 0.05) is 25.2 Å². The van der Waals surface area contributed by atoms with Crippen LogP contribution >= 0.6 is 0 Å². The van der Waals surface area contributed by atoms with Crippen molar-refractivity contribution in [2.24, 2.45) is 7.05 Å². The van der Waals surface area contributed by atoms with Crippen molar-refractivity contribution in [3.05, 3.63) is 70.0 Å². The number of fused-ring (bicyclic) bond motifs is 1. The van der Waals surface area contributed by atoms with Gasteiger partial charge in [-0.1, -0.05) is 12.1 Å². The molecule has 0 bridgehead atoms. The molecule has 2 N–H and O–H groups in total. The van der Waals surface area contributed by atoms with E-state index in [1.54, 1.807) is 24.3 Å². The molecule has 0 spiro atoms.